The van der Waals surface area contributed by atoms with Crippen LogP contribution in [-0.2, 0) is 0 Å². The molecule has 2 rings (SSSR count). The standard InChI is InChI=1S/C11H22N2/c1-2-8-12-10(4-1)5-3-9-13-11-6-7-11/h10-13H,1-9H2/t10-/m0/s1. The Labute approximate surface area is 81.5 Å². The fraction of sp³-hybridized carbons (Fsp3) is 1.00. The van der Waals surface area contributed by atoms with Crippen LogP contribution in [0.4, 0.5) is 0 Å². The summed E-state index contributed by atoms with van der Waals surface area (Å²) in [6.07, 6.45) is 9.80. The van der Waals surface area contributed by atoms with E-state index in [1.807, 2.05) is 0 Å². The Bertz CT molecular complexity index is 137. The highest BCUT2D eigenvalue weighted by atomic mass is 14.9. The van der Waals surface area contributed by atoms with Crippen molar-refractivity contribution in [2.75, 3.05) is 13.1 Å². The molecule has 0 aromatic heterocycles. The van der Waals surface area contributed by atoms with Gasteiger partial charge in [-0.3, -0.25) is 0 Å². The molecule has 1 heterocycles. The predicted molar refractivity (Wildman–Crippen MR) is 55.9 cm³/mol. The largest absolute Gasteiger partial charge is 0.314 e. The minimum atomic E-state index is 0.828. The van der Waals surface area contributed by atoms with Gasteiger partial charge in [0, 0.05) is 12.1 Å². The van der Waals surface area contributed by atoms with Crippen molar-refractivity contribution in [2.45, 2.75) is 57.0 Å². The highest BCUT2D eigenvalue weighted by Crippen LogP contribution is 2.18. The lowest BCUT2D eigenvalue weighted by Crippen LogP contribution is -2.34. The molecule has 76 valence electrons. The van der Waals surface area contributed by atoms with Crippen molar-refractivity contribution in [3.05, 3.63) is 0 Å². The minimum absolute atomic E-state index is 0.828. The lowest BCUT2D eigenvalue weighted by atomic mass is 10.0. The lowest BCUT2D eigenvalue weighted by molar-refractivity contribution is 0.373. The molecule has 2 aliphatic rings. The third-order valence-corrected chi connectivity index (χ3v) is 3.15. The molecule has 0 bridgehead atoms. The van der Waals surface area contributed by atoms with E-state index in [0.29, 0.717) is 0 Å². The Morgan fingerprint density at radius 1 is 1.15 bits per heavy atom. The third-order valence-electron chi connectivity index (χ3n) is 3.15. The average Bonchev–Trinajstić information content (AvgIpc) is 2.98. The van der Waals surface area contributed by atoms with Gasteiger partial charge in [0.05, 0.1) is 0 Å². The summed E-state index contributed by atoms with van der Waals surface area (Å²) in [5, 5.41) is 7.16. The third kappa shape index (κ3) is 3.65. The summed E-state index contributed by atoms with van der Waals surface area (Å²) in [5.74, 6) is 0. The molecule has 1 atom stereocenters. The highest BCUT2D eigenvalue weighted by Gasteiger charge is 2.19. The quantitative estimate of drug-likeness (QED) is 0.632. The van der Waals surface area contributed by atoms with Crippen LogP contribution >= 0.6 is 0 Å². The van der Waals surface area contributed by atoms with Gasteiger partial charge >= 0.3 is 0 Å². The molecule has 0 amide bonds. The smallest absolute Gasteiger partial charge is 0.00682 e. The Kier molecular flexibility index (Phi) is 3.62. The monoisotopic (exact) mass is 182 g/mol. The zero-order valence-electron chi connectivity index (χ0n) is 8.52. The zero-order valence-corrected chi connectivity index (χ0v) is 8.52. The van der Waals surface area contributed by atoms with E-state index in [1.165, 1.54) is 58.0 Å². The minimum Gasteiger partial charge on any atom is -0.314 e. The van der Waals surface area contributed by atoms with Crippen molar-refractivity contribution >= 4 is 0 Å². The average molecular weight is 182 g/mol. The number of piperidine rings is 1. The fourth-order valence-electron chi connectivity index (χ4n) is 2.11. The first-order valence-corrected chi connectivity index (χ1v) is 5.92. The first-order chi connectivity index (χ1) is 6.45. The number of rotatable bonds is 5. The molecular formula is C11H22N2. The van der Waals surface area contributed by atoms with Crippen molar-refractivity contribution in [1.29, 1.82) is 0 Å². The van der Waals surface area contributed by atoms with Crippen molar-refractivity contribution in [3.8, 4) is 0 Å². The van der Waals surface area contributed by atoms with Gasteiger partial charge in [-0.05, 0) is 51.6 Å². The van der Waals surface area contributed by atoms with Gasteiger partial charge in [-0.15, -0.1) is 0 Å². The summed E-state index contributed by atoms with van der Waals surface area (Å²) in [4.78, 5) is 0. The van der Waals surface area contributed by atoms with E-state index >= 15 is 0 Å². The molecule has 0 unspecified atom stereocenters. The number of hydrogen-bond donors (Lipinski definition) is 2. The van der Waals surface area contributed by atoms with Crippen LogP contribution in [0.15, 0.2) is 0 Å². The van der Waals surface area contributed by atoms with E-state index in [4.69, 9.17) is 0 Å². The molecule has 1 aliphatic carbocycles. The second-order valence-corrected chi connectivity index (χ2v) is 4.52. The molecule has 0 spiro atoms. The fourth-order valence-corrected chi connectivity index (χ4v) is 2.11. The van der Waals surface area contributed by atoms with E-state index < -0.39 is 0 Å². The van der Waals surface area contributed by atoms with Crippen LogP contribution in [0.3, 0.4) is 0 Å². The summed E-state index contributed by atoms with van der Waals surface area (Å²) < 4.78 is 0. The molecule has 2 fully saturated rings. The maximum atomic E-state index is 3.60. The Hall–Kier alpha value is -0.0800. The van der Waals surface area contributed by atoms with Crippen LogP contribution < -0.4 is 10.6 Å². The van der Waals surface area contributed by atoms with Crippen molar-refractivity contribution < 1.29 is 0 Å². The maximum Gasteiger partial charge on any atom is 0.00682 e. The van der Waals surface area contributed by atoms with Gasteiger partial charge in [0.25, 0.3) is 0 Å². The highest BCUT2D eigenvalue weighted by molar-refractivity contribution is 4.81. The van der Waals surface area contributed by atoms with Gasteiger partial charge in [0.1, 0.15) is 0 Å². The molecule has 13 heavy (non-hydrogen) atoms. The van der Waals surface area contributed by atoms with Gasteiger partial charge in [-0.1, -0.05) is 6.42 Å². The second kappa shape index (κ2) is 4.97. The van der Waals surface area contributed by atoms with Crippen LogP contribution in [0.1, 0.15) is 44.9 Å². The molecule has 0 aromatic carbocycles. The Morgan fingerprint density at radius 2 is 2.08 bits per heavy atom. The van der Waals surface area contributed by atoms with Crippen LogP contribution in [0.2, 0.25) is 0 Å². The molecule has 2 nitrogen and oxygen atoms in total. The molecule has 1 aliphatic heterocycles. The van der Waals surface area contributed by atoms with E-state index in [-0.39, 0.29) is 0 Å². The number of nitrogens with one attached hydrogen (secondary N) is 2. The molecule has 1 saturated heterocycles. The van der Waals surface area contributed by atoms with Crippen LogP contribution in [0, 0.1) is 0 Å². The van der Waals surface area contributed by atoms with Crippen molar-refractivity contribution in [3.63, 3.8) is 0 Å². The molecule has 0 radical (unpaired) electrons. The first kappa shape index (κ1) is 9.47. The van der Waals surface area contributed by atoms with E-state index in [0.717, 1.165) is 12.1 Å². The molecular weight excluding hydrogens is 160 g/mol. The lowest BCUT2D eigenvalue weighted by Gasteiger charge is -2.23. The SMILES string of the molecule is C1CC[C@@H](CCCNC2CC2)NC1. The summed E-state index contributed by atoms with van der Waals surface area (Å²) in [6.45, 7) is 2.49. The van der Waals surface area contributed by atoms with Gasteiger partial charge in [0.2, 0.25) is 0 Å². The number of hydrogen-bond acceptors (Lipinski definition) is 2. The normalized spacial score (nSPS) is 29.1. The van der Waals surface area contributed by atoms with Gasteiger partial charge in [-0.25, -0.2) is 0 Å². The second-order valence-electron chi connectivity index (χ2n) is 4.52. The van der Waals surface area contributed by atoms with Crippen molar-refractivity contribution in [2.24, 2.45) is 0 Å². The molecule has 1 saturated carbocycles. The van der Waals surface area contributed by atoms with E-state index in [1.54, 1.807) is 0 Å². The molecule has 2 heteroatoms. The Balaban J connectivity index is 1.46. The van der Waals surface area contributed by atoms with Gasteiger partial charge in [0.15, 0.2) is 0 Å². The Morgan fingerprint density at radius 3 is 2.77 bits per heavy atom. The predicted octanol–water partition coefficient (Wildman–Crippen LogP) is 1.66. The summed E-state index contributed by atoms with van der Waals surface area (Å²) in [7, 11) is 0. The van der Waals surface area contributed by atoms with E-state index in [9.17, 15) is 0 Å². The summed E-state index contributed by atoms with van der Waals surface area (Å²) in [6, 6.07) is 1.72. The van der Waals surface area contributed by atoms with Crippen molar-refractivity contribution in [1.82, 2.24) is 10.6 Å². The van der Waals surface area contributed by atoms with Gasteiger partial charge in [-0.2, -0.15) is 0 Å². The van der Waals surface area contributed by atoms with Crippen LogP contribution in [0.25, 0.3) is 0 Å². The zero-order chi connectivity index (χ0) is 8.93. The molecule has 2 N–H and O–H groups in total. The first-order valence-electron chi connectivity index (χ1n) is 5.92. The topological polar surface area (TPSA) is 24.1 Å². The van der Waals surface area contributed by atoms with E-state index in [2.05, 4.69) is 10.6 Å². The van der Waals surface area contributed by atoms with Crippen LogP contribution in [-0.4, -0.2) is 25.2 Å². The molecule has 0 aromatic rings. The maximum absolute atomic E-state index is 3.60. The summed E-state index contributed by atoms with van der Waals surface area (Å²) >= 11 is 0. The van der Waals surface area contributed by atoms with Gasteiger partial charge < -0.3 is 10.6 Å². The summed E-state index contributed by atoms with van der Waals surface area (Å²) in [5.41, 5.74) is 0. The van der Waals surface area contributed by atoms with Crippen LogP contribution in [0.5, 0.6) is 0 Å².